The number of hydrogen-bond donors (Lipinski definition) is 2. The van der Waals surface area contributed by atoms with Crippen molar-refractivity contribution in [2.45, 2.75) is 6.92 Å². The highest BCUT2D eigenvalue weighted by atomic mass is 16.5. The van der Waals surface area contributed by atoms with Crippen molar-refractivity contribution >= 4 is 5.91 Å². The average Bonchev–Trinajstić information content (AvgIpc) is 2.04. The molecular formula is C9H13NO3. The van der Waals surface area contributed by atoms with Crippen molar-refractivity contribution in [3.63, 3.8) is 0 Å². The summed E-state index contributed by atoms with van der Waals surface area (Å²) in [5.74, 6) is 5.21. The minimum Gasteiger partial charge on any atom is -0.395 e. The molecular weight excluding hydrogens is 170 g/mol. The summed E-state index contributed by atoms with van der Waals surface area (Å²) >= 11 is 0. The quantitative estimate of drug-likeness (QED) is 0.559. The molecule has 1 aliphatic rings. The first kappa shape index (κ1) is 10.0. The molecule has 0 aromatic heterocycles. The van der Waals surface area contributed by atoms with Gasteiger partial charge in [0.2, 0.25) is 5.91 Å². The molecule has 1 saturated heterocycles. The van der Waals surface area contributed by atoms with E-state index in [1.165, 1.54) is 0 Å². The molecule has 0 spiro atoms. The second-order valence-electron chi connectivity index (χ2n) is 3.04. The molecule has 1 amide bonds. The van der Waals surface area contributed by atoms with E-state index in [0.29, 0.717) is 19.8 Å². The van der Waals surface area contributed by atoms with Crippen molar-refractivity contribution in [2.75, 3.05) is 26.4 Å². The van der Waals surface area contributed by atoms with E-state index in [2.05, 4.69) is 17.2 Å². The monoisotopic (exact) mass is 183 g/mol. The van der Waals surface area contributed by atoms with Gasteiger partial charge in [-0.05, 0) is 6.92 Å². The number of carbonyl (C=O) groups excluding carboxylic acids is 1. The Labute approximate surface area is 77.3 Å². The Hall–Kier alpha value is -1.05. The van der Waals surface area contributed by atoms with Crippen molar-refractivity contribution in [3.05, 3.63) is 0 Å². The molecule has 4 heteroatoms. The Kier molecular flexibility index (Phi) is 3.29. The zero-order chi connectivity index (χ0) is 9.73. The van der Waals surface area contributed by atoms with E-state index in [-0.39, 0.29) is 12.5 Å². The van der Waals surface area contributed by atoms with Crippen molar-refractivity contribution in [2.24, 2.45) is 5.41 Å². The molecule has 0 radical (unpaired) electrons. The third-order valence-electron chi connectivity index (χ3n) is 2.06. The van der Waals surface area contributed by atoms with E-state index in [0.717, 1.165) is 0 Å². The summed E-state index contributed by atoms with van der Waals surface area (Å²) in [5, 5.41) is 11.6. The summed E-state index contributed by atoms with van der Waals surface area (Å²) in [6.07, 6.45) is 0. The van der Waals surface area contributed by atoms with E-state index in [1.54, 1.807) is 6.92 Å². The van der Waals surface area contributed by atoms with E-state index in [9.17, 15) is 4.79 Å². The number of ether oxygens (including phenoxy) is 1. The second kappa shape index (κ2) is 4.26. The molecule has 0 bridgehead atoms. The third-order valence-corrected chi connectivity index (χ3v) is 2.06. The number of hydrogen-bond acceptors (Lipinski definition) is 3. The SMILES string of the molecule is CC#CCNC(=O)C1(CO)COC1. The molecule has 1 heterocycles. The first-order valence-corrected chi connectivity index (χ1v) is 4.12. The van der Waals surface area contributed by atoms with Gasteiger partial charge in [-0.1, -0.05) is 5.92 Å². The van der Waals surface area contributed by atoms with Crippen LogP contribution in [0.3, 0.4) is 0 Å². The van der Waals surface area contributed by atoms with Crippen molar-refractivity contribution in [1.29, 1.82) is 0 Å². The Bertz CT molecular complexity index is 242. The van der Waals surface area contributed by atoms with Gasteiger partial charge in [-0.15, -0.1) is 5.92 Å². The second-order valence-corrected chi connectivity index (χ2v) is 3.04. The normalized spacial score (nSPS) is 18.0. The smallest absolute Gasteiger partial charge is 0.234 e. The summed E-state index contributed by atoms with van der Waals surface area (Å²) in [5.41, 5.74) is -0.713. The Morgan fingerprint density at radius 2 is 2.38 bits per heavy atom. The number of amides is 1. The van der Waals surface area contributed by atoms with Gasteiger partial charge in [-0.2, -0.15) is 0 Å². The van der Waals surface area contributed by atoms with Gasteiger partial charge in [0.05, 0.1) is 26.4 Å². The fourth-order valence-electron chi connectivity index (χ4n) is 1.04. The Morgan fingerprint density at radius 1 is 1.69 bits per heavy atom. The first-order valence-electron chi connectivity index (χ1n) is 4.12. The number of nitrogens with one attached hydrogen (secondary N) is 1. The number of carbonyl (C=O) groups is 1. The summed E-state index contributed by atoms with van der Waals surface area (Å²) in [6.45, 7) is 2.47. The van der Waals surface area contributed by atoms with Crippen LogP contribution in [0.15, 0.2) is 0 Å². The highest BCUT2D eigenvalue weighted by Gasteiger charge is 2.45. The molecule has 0 unspecified atom stereocenters. The number of rotatable bonds is 3. The van der Waals surface area contributed by atoms with Crippen LogP contribution in [0.2, 0.25) is 0 Å². The lowest BCUT2D eigenvalue weighted by atomic mass is 9.86. The molecule has 13 heavy (non-hydrogen) atoms. The third kappa shape index (κ3) is 2.00. The van der Waals surface area contributed by atoms with E-state index < -0.39 is 5.41 Å². The van der Waals surface area contributed by atoms with Gasteiger partial charge in [-0.25, -0.2) is 0 Å². The standard InChI is InChI=1S/C9H13NO3/c1-2-3-4-10-8(12)9(5-11)6-13-7-9/h11H,4-7H2,1H3,(H,10,12). The zero-order valence-corrected chi connectivity index (χ0v) is 7.59. The van der Waals surface area contributed by atoms with Gasteiger partial charge in [-0.3, -0.25) is 4.79 Å². The van der Waals surface area contributed by atoms with Crippen LogP contribution < -0.4 is 5.32 Å². The first-order chi connectivity index (χ1) is 6.25. The minimum atomic E-state index is -0.713. The fourth-order valence-corrected chi connectivity index (χ4v) is 1.04. The van der Waals surface area contributed by atoms with Gasteiger partial charge < -0.3 is 15.2 Å². The van der Waals surface area contributed by atoms with Crippen LogP contribution >= 0.6 is 0 Å². The lowest BCUT2D eigenvalue weighted by Gasteiger charge is -2.37. The molecule has 1 rings (SSSR count). The Morgan fingerprint density at radius 3 is 2.77 bits per heavy atom. The molecule has 0 saturated carbocycles. The lowest BCUT2D eigenvalue weighted by molar-refractivity contribution is -0.169. The average molecular weight is 183 g/mol. The lowest BCUT2D eigenvalue weighted by Crippen LogP contribution is -2.56. The maximum absolute atomic E-state index is 11.4. The maximum Gasteiger partial charge on any atom is 0.234 e. The number of aliphatic hydroxyl groups is 1. The van der Waals surface area contributed by atoms with Gasteiger partial charge in [0, 0.05) is 0 Å². The van der Waals surface area contributed by atoms with E-state index >= 15 is 0 Å². The molecule has 0 atom stereocenters. The van der Waals surface area contributed by atoms with Crippen molar-refractivity contribution in [1.82, 2.24) is 5.32 Å². The van der Waals surface area contributed by atoms with Gasteiger partial charge in [0.1, 0.15) is 5.41 Å². The fraction of sp³-hybridized carbons (Fsp3) is 0.667. The van der Waals surface area contributed by atoms with Crippen LogP contribution in [0, 0.1) is 17.3 Å². The summed E-state index contributed by atoms with van der Waals surface area (Å²) in [7, 11) is 0. The predicted octanol–water partition coefficient (Wildman–Crippen LogP) is -0.865. The van der Waals surface area contributed by atoms with E-state index in [1.807, 2.05) is 0 Å². The molecule has 1 fully saturated rings. The minimum absolute atomic E-state index is 0.168. The van der Waals surface area contributed by atoms with Crippen LogP contribution in [0.25, 0.3) is 0 Å². The van der Waals surface area contributed by atoms with Crippen LogP contribution in [-0.2, 0) is 9.53 Å². The van der Waals surface area contributed by atoms with Crippen molar-refractivity contribution in [3.8, 4) is 11.8 Å². The van der Waals surface area contributed by atoms with Gasteiger partial charge in [0.25, 0.3) is 0 Å². The summed E-state index contributed by atoms with van der Waals surface area (Å²) in [4.78, 5) is 11.4. The predicted molar refractivity (Wildman–Crippen MR) is 46.8 cm³/mol. The van der Waals surface area contributed by atoms with Crippen LogP contribution in [0.5, 0.6) is 0 Å². The molecule has 2 N–H and O–H groups in total. The van der Waals surface area contributed by atoms with Crippen molar-refractivity contribution < 1.29 is 14.6 Å². The van der Waals surface area contributed by atoms with E-state index in [4.69, 9.17) is 9.84 Å². The highest BCUT2D eigenvalue weighted by molar-refractivity contribution is 5.84. The molecule has 1 aliphatic heterocycles. The molecule has 0 aromatic carbocycles. The Balaban J connectivity index is 2.40. The maximum atomic E-state index is 11.4. The van der Waals surface area contributed by atoms with Gasteiger partial charge >= 0.3 is 0 Å². The molecule has 0 aromatic rings. The van der Waals surface area contributed by atoms with Gasteiger partial charge in [0.15, 0.2) is 0 Å². The topological polar surface area (TPSA) is 58.6 Å². The molecule has 0 aliphatic carbocycles. The molecule has 4 nitrogen and oxygen atoms in total. The number of aliphatic hydroxyl groups excluding tert-OH is 1. The zero-order valence-electron chi connectivity index (χ0n) is 7.59. The van der Waals surface area contributed by atoms with Crippen LogP contribution in [0.4, 0.5) is 0 Å². The summed E-state index contributed by atoms with van der Waals surface area (Å²) < 4.78 is 4.90. The molecule has 72 valence electrons. The summed E-state index contributed by atoms with van der Waals surface area (Å²) in [6, 6.07) is 0. The highest BCUT2D eigenvalue weighted by Crippen LogP contribution is 2.26. The largest absolute Gasteiger partial charge is 0.395 e. The van der Waals surface area contributed by atoms with Crippen LogP contribution in [0.1, 0.15) is 6.92 Å². The van der Waals surface area contributed by atoms with Crippen LogP contribution in [-0.4, -0.2) is 37.4 Å².